The average Bonchev–Trinajstić information content (AvgIpc) is 3.44. The van der Waals surface area contributed by atoms with E-state index in [-0.39, 0.29) is 36.7 Å². The number of carboxylic acid groups (broad SMARTS) is 1. The highest BCUT2D eigenvalue weighted by Gasteiger charge is 2.31. The molecule has 4 atom stereocenters. The van der Waals surface area contributed by atoms with Crippen LogP contribution >= 0.6 is 0 Å². The molecule has 4 unspecified atom stereocenters. The van der Waals surface area contributed by atoms with Crippen molar-refractivity contribution < 1.29 is 34.5 Å². The molecule has 0 saturated heterocycles. The van der Waals surface area contributed by atoms with Crippen LogP contribution in [0.5, 0.6) is 11.5 Å². The fourth-order valence-electron chi connectivity index (χ4n) is 5.31. The van der Waals surface area contributed by atoms with Gasteiger partial charge in [-0.1, -0.05) is 56.3 Å². The SMILES string of the molecule is CC(C)CC(N)C(=O)NC(Cc1c[nH]c2ccccc12)C(=O)NC(Cc1ccc(O)cc1)C(=O)NC(Cc1ccc(O)cc1)C(=O)O. The second-order valence-corrected chi connectivity index (χ2v) is 12.1. The monoisotopic (exact) mass is 643 g/mol. The first-order valence-corrected chi connectivity index (χ1v) is 15.4. The number of carbonyl (C=O) groups is 4. The smallest absolute Gasteiger partial charge is 0.326 e. The van der Waals surface area contributed by atoms with Crippen molar-refractivity contribution >= 4 is 34.6 Å². The number of aromatic nitrogens is 1. The van der Waals surface area contributed by atoms with E-state index in [0.717, 1.165) is 16.5 Å². The van der Waals surface area contributed by atoms with Gasteiger partial charge in [-0.2, -0.15) is 0 Å². The van der Waals surface area contributed by atoms with Crippen molar-refractivity contribution in [2.45, 2.75) is 63.7 Å². The maximum Gasteiger partial charge on any atom is 0.326 e. The molecule has 0 bridgehead atoms. The summed E-state index contributed by atoms with van der Waals surface area (Å²) in [6.07, 6.45) is 2.13. The number of hydrogen-bond acceptors (Lipinski definition) is 7. The molecule has 12 nitrogen and oxygen atoms in total. The Hall–Kier alpha value is -5.36. The molecule has 3 aromatic carbocycles. The van der Waals surface area contributed by atoms with Gasteiger partial charge in [0, 0.05) is 36.4 Å². The highest BCUT2D eigenvalue weighted by atomic mass is 16.4. The number of nitrogens with two attached hydrogens (primary N) is 1. The molecule has 4 aromatic rings. The van der Waals surface area contributed by atoms with Crippen LogP contribution in [0.4, 0.5) is 0 Å². The predicted molar refractivity (Wildman–Crippen MR) is 176 cm³/mol. The molecule has 0 aliphatic rings. The van der Waals surface area contributed by atoms with Gasteiger partial charge in [-0.3, -0.25) is 14.4 Å². The number of carboxylic acids is 1. The summed E-state index contributed by atoms with van der Waals surface area (Å²) in [5.41, 5.74) is 8.91. The summed E-state index contributed by atoms with van der Waals surface area (Å²) >= 11 is 0. The lowest BCUT2D eigenvalue weighted by atomic mass is 10.00. The summed E-state index contributed by atoms with van der Waals surface area (Å²) < 4.78 is 0. The van der Waals surface area contributed by atoms with Gasteiger partial charge >= 0.3 is 5.97 Å². The number of benzene rings is 3. The lowest BCUT2D eigenvalue weighted by Gasteiger charge is -2.26. The third-order valence-electron chi connectivity index (χ3n) is 7.79. The zero-order valence-electron chi connectivity index (χ0n) is 26.3. The number of hydrogen-bond donors (Lipinski definition) is 8. The summed E-state index contributed by atoms with van der Waals surface area (Å²) in [5.74, 6) is -3.06. The highest BCUT2D eigenvalue weighted by molar-refractivity contribution is 5.95. The molecule has 0 aliphatic heterocycles. The van der Waals surface area contributed by atoms with E-state index in [1.165, 1.54) is 24.3 Å². The number of para-hydroxylation sites is 1. The third-order valence-corrected chi connectivity index (χ3v) is 7.79. The third kappa shape index (κ3) is 9.81. The fourth-order valence-corrected chi connectivity index (χ4v) is 5.31. The second kappa shape index (κ2) is 15.8. The number of amides is 3. The van der Waals surface area contributed by atoms with E-state index in [1.807, 2.05) is 38.1 Å². The molecule has 0 spiro atoms. The molecule has 0 aliphatic carbocycles. The van der Waals surface area contributed by atoms with E-state index in [0.29, 0.717) is 17.5 Å². The first kappa shape index (κ1) is 34.5. The Morgan fingerprint density at radius 1 is 0.702 bits per heavy atom. The van der Waals surface area contributed by atoms with E-state index in [4.69, 9.17) is 5.73 Å². The topological polar surface area (TPSA) is 207 Å². The Morgan fingerprint density at radius 3 is 1.74 bits per heavy atom. The van der Waals surface area contributed by atoms with Crippen LogP contribution in [0.2, 0.25) is 0 Å². The number of carbonyl (C=O) groups excluding carboxylic acids is 3. The second-order valence-electron chi connectivity index (χ2n) is 12.1. The number of phenols is 2. The molecular weight excluding hydrogens is 602 g/mol. The van der Waals surface area contributed by atoms with Crippen LogP contribution in [-0.2, 0) is 38.4 Å². The summed E-state index contributed by atoms with van der Waals surface area (Å²) in [7, 11) is 0. The minimum Gasteiger partial charge on any atom is -0.508 e. The van der Waals surface area contributed by atoms with Crippen LogP contribution in [-0.4, -0.2) is 68.2 Å². The van der Waals surface area contributed by atoms with Crippen molar-refractivity contribution in [3.63, 3.8) is 0 Å². The van der Waals surface area contributed by atoms with Gasteiger partial charge in [-0.25, -0.2) is 4.79 Å². The molecule has 47 heavy (non-hydrogen) atoms. The molecule has 4 rings (SSSR count). The van der Waals surface area contributed by atoms with Gasteiger partial charge < -0.3 is 42.0 Å². The summed E-state index contributed by atoms with van der Waals surface area (Å²) in [4.78, 5) is 56.1. The van der Waals surface area contributed by atoms with Gasteiger partial charge in [-0.05, 0) is 59.4 Å². The molecule has 1 aromatic heterocycles. The van der Waals surface area contributed by atoms with Crippen LogP contribution in [0, 0.1) is 5.92 Å². The molecule has 12 heteroatoms. The summed E-state index contributed by atoms with van der Waals surface area (Å²) in [6.45, 7) is 3.86. The van der Waals surface area contributed by atoms with Gasteiger partial charge in [0.05, 0.1) is 6.04 Å². The predicted octanol–water partition coefficient (Wildman–Crippen LogP) is 2.52. The molecule has 248 valence electrons. The number of fused-ring (bicyclic) bond motifs is 1. The van der Waals surface area contributed by atoms with Crippen molar-refractivity contribution in [1.29, 1.82) is 0 Å². The van der Waals surface area contributed by atoms with E-state index in [9.17, 15) is 34.5 Å². The standard InChI is InChI=1S/C35H41N5O7/c1-20(2)15-27(36)32(43)38-30(18-23-19-37-28-6-4-3-5-26(23)28)34(45)39-29(16-21-7-11-24(41)12-8-21)33(44)40-31(35(46)47)17-22-9-13-25(42)14-10-22/h3-14,19-20,27,29-31,37,41-42H,15-18,36H2,1-2H3,(H,38,43)(H,39,45)(H,40,44)(H,46,47). The number of phenolic OH excluding ortho intramolecular Hbond substituents is 2. The van der Waals surface area contributed by atoms with Crippen LogP contribution in [0.25, 0.3) is 10.9 Å². The van der Waals surface area contributed by atoms with Crippen molar-refractivity contribution in [2.75, 3.05) is 0 Å². The van der Waals surface area contributed by atoms with Crippen molar-refractivity contribution in [3.05, 3.63) is 95.7 Å². The van der Waals surface area contributed by atoms with Gasteiger partial charge in [0.25, 0.3) is 0 Å². The van der Waals surface area contributed by atoms with Gasteiger partial charge in [-0.15, -0.1) is 0 Å². The normalized spacial score (nSPS) is 13.8. The Morgan fingerprint density at radius 2 is 1.19 bits per heavy atom. The van der Waals surface area contributed by atoms with Crippen molar-refractivity contribution in [3.8, 4) is 11.5 Å². The first-order valence-electron chi connectivity index (χ1n) is 15.4. The van der Waals surface area contributed by atoms with E-state index in [2.05, 4.69) is 20.9 Å². The Labute approximate surface area is 272 Å². The summed E-state index contributed by atoms with van der Waals surface area (Å²) in [6, 6.07) is 14.9. The fraction of sp³-hybridized carbons (Fsp3) is 0.314. The van der Waals surface area contributed by atoms with Crippen LogP contribution in [0.1, 0.15) is 37.0 Å². The number of aromatic hydroxyl groups is 2. The zero-order valence-corrected chi connectivity index (χ0v) is 26.3. The minimum absolute atomic E-state index is 0.0119. The van der Waals surface area contributed by atoms with E-state index in [1.54, 1.807) is 30.5 Å². The zero-order chi connectivity index (χ0) is 34.1. The average molecular weight is 644 g/mol. The maximum atomic E-state index is 14.0. The van der Waals surface area contributed by atoms with Gasteiger partial charge in [0.2, 0.25) is 17.7 Å². The molecule has 0 fully saturated rings. The molecule has 3 amide bonds. The Bertz CT molecular complexity index is 1680. The lowest BCUT2D eigenvalue weighted by Crippen LogP contribution is -2.58. The molecule has 0 radical (unpaired) electrons. The molecule has 1 heterocycles. The Kier molecular flexibility index (Phi) is 11.6. The number of aromatic amines is 1. The van der Waals surface area contributed by atoms with Crippen molar-refractivity contribution in [2.24, 2.45) is 11.7 Å². The van der Waals surface area contributed by atoms with E-state index < -0.39 is 47.9 Å². The van der Waals surface area contributed by atoms with E-state index >= 15 is 0 Å². The highest BCUT2D eigenvalue weighted by Crippen LogP contribution is 2.20. The Balaban J connectivity index is 1.60. The van der Waals surface area contributed by atoms with Crippen molar-refractivity contribution in [1.82, 2.24) is 20.9 Å². The molecule has 0 saturated carbocycles. The number of rotatable bonds is 15. The minimum atomic E-state index is -1.35. The van der Waals surface area contributed by atoms with Crippen LogP contribution < -0.4 is 21.7 Å². The quantitative estimate of drug-likeness (QED) is 0.0963. The molecular formula is C35H41N5O7. The number of H-pyrrole nitrogens is 1. The number of aliphatic carboxylic acids is 1. The van der Waals surface area contributed by atoms with Gasteiger partial charge in [0.1, 0.15) is 29.6 Å². The van der Waals surface area contributed by atoms with Crippen LogP contribution in [0.15, 0.2) is 79.0 Å². The maximum absolute atomic E-state index is 14.0. The van der Waals surface area contributed by atoms with Gasteiger partial charge in [0.15, 0.2) is 0 Å². The lowest BCUT2D eigenvalue weighted by molar-refractivity contribution is -0.142. The molecule has 9 N–H and O–H groups in total. The number of nitrogens with one attached hydrogen (secondary N) is 4. The first-order chi connectivity index (χ1) is 22.4. The summed E-state index contributed by atoms with van der Waals surface area (Å²) in [5, 5.41) is 38.1. The van der Waals surface area contributed by atoms with Crippen LogP contribution in [0.3, 0.4) is 0 Å². The largest absolute Gasteiger partial charge is 0.508 e.